The summed E-state index contributed by atoms with van der Waals surface area (Å²) in [5, 5.41) is 7.29. The maximum Gasteiger partial charge on any atom is 0.243 e. The molecule has 0 saturated carbocycles. The van der Waals surface area contributed by atoms with Crippen LogP contribution < -0.4 is 0 Å². The second-order valence-electron chi connectivity index (χ2n) is 3.07. The van der Waals surface area contributed by atoms with Crippen molar-refractivity contribution in [3.63, 3.8) is 0 Å². The Morgan fingerprint density at radius 1 is 1.33 bits per heavy atom. The van der Waals surface area contributed by atoms with E-state index in [9.17, 15) is 4.39 Å². The molecule has 0 atom stereocenters. The molecule has 15 heavy (non-hydrogen) atoms. The fraction of sp³-hybridized carbons (Fsp3) is 0.100. The highest BCUT2D eigenvalue weighted by atomic mass is 35.5. The van der Waals surface area contributed by atoms with Crippen molar-refractivity contribution in [2.45, 2.75) is 6.92 Å². The van der Waals surface area contributed by atoms with Gasteiger partial charge in [0.1, 0.15) is 5.82 Å². The number of hydrogen-bond donors (Lipinski definition) is 0. The molecule has 1 aromatic carbocycles. The summed E-state index contributed by atoms with van der Waals surface area (Å²) < 4.78 is 13.0. The second kappa shape index (κ2) is 3.90. The molecule has 0 bridgehead atoms. The van der Waals surface area contributed by atoms with Gasteiger partial charge in [-0.25, -0.2) is 9.37 Å². The van der Waals surface area contributed by atoms with Crippen LogP contribution in [0.25, 0.3) is 11.3 Å². The van der Waals surface area contributed by atoms with Gasteiger partial charge in [0.2, 0.25) is 5.28 Å². The first-order valence-electron chi connectivity index (χ1n) is 4.28. The average molecular weight is 224 g/mol. The quantitative estimate of drug-likeness (QED) is 0.746. The number of hydrogen-bond acceptors (Lipinski definition) is 3. The van der Waals surface area contributed by atoms with Crippen LogP contribution in [0, 0.1) is 12.7 Å². The minimum Gasteiger partial charge on any atom is -0.215 e. The van der Waals surface area contributed by atoms with Crippen LogP contribution in [0.3, 0.4) is 0 Å². The molecule has 0 aliphatic rings. The summed E-state index contributed by atoms with van der Waals surface area (Å²) in [7, 11) is 0. The Morgan fingerprint density at radius 2 is 2.13 bits per heavy atom. The van der Waals surface area contributed by atoms with Gasteiger partial charge in [0.15, 0.2) is 0 Å². The van der Waals surface area contributed by atoms with Gasteiger partial charge in [-0.1, -0.05) is 0 Å². The molecule has 5 heteroatoms. The lowest BCUT2D eigenvalue weighted by molar-refractivity contribution is 0.618. The zero-order valence-corrected chi connectivity index (χ0v) is 8.66. The minimum absolute atomic E-state index is 0.0782. The summed E-state index contributed by atoms with van der Waals surface area (Å²) in [5.41, 5.74) is 1.91. The zero-order valence-electron chi connectivity index (χ0n) is 7.91. The van der Waals surface area contributed by atoms with Gasteiger partial charge in [0.05, 0.1) is 11.9 Å². The Bertz CT molecular complexity index is 502. The molecule has 2 aromatic rings. The molecular weight excluding hydrogens is 217 g/mol. The van der Waals surface area contributed by atoms with E-state index in [0.29, 0.717) is 11.3 Å². The Labute approximate surface area is 90.9 Å². The summed E-state index contributed by atoms with van der Waals surface area (Å²) in [5.74, 6) is -0.244. The highest BCUT2D eigenvalue weighted by Gasteiger charge is 2.04. The van der Waals surface area contributed by atoms with Crippen molar-refractivity contribution >= 4 is 11.6 Å². The Morgan fingerprint density at radius 3 is 2.80 bits per heavy atom. The molecule has 0 aliphatic carbocycles. The number of halogens is 2. The van der Waals surface area contributed by atoms with Gasteiger partial charge in [-0.15, -0.1) is 5.10 Å². The van der Waals surface area contributed by atoms with Crippen LogP contribution in [0.5, 0.6) is 0 Å². The van der Waals surface area contributed by atoms with E-state index in [4.69, 9.17) is 11.6 Å². The lowest BCUT2D eigenvalue weighted by Crippen LogP contribution is -1.91. The van der Waals surface area contributed by atoms with E-state index in [-0.39, 0.29) is 11.1 Å². The predicted octanol–water partition coefficient (Wildman–Crippen LogP) is 2.64. The van der Waals surface area contributed by atoms with E-state index in [1.54, 1.807) is 19.1 Å². The highest BCUT2D eigenvalue weighted by Crippen LogP contribution is 2.19. The van der Waals surface area contributed by atoms with Gasteiger partial charge in [-0.2, -0.15) is 5.10 Å². The molecule has 0 spiro atoms. The summed E-state index contributed by atoms with van der Waals surface area (Å²) in [4.78, 5) is 3.98. The van der Waals surface area contributed by atoms with Crippen molar-refractivity contribution in [3.05, 3.63) is 41.1 Å². The van der Waals surface area contributed by atoms with Gasteiger partial charge in [-0.05, 0) is 42.3 Å². The third-order valence-corrected chi connectivity index (χ3v) is 2.15. The Hall–Kier alpha value is -1.55. The summed E-state index contributed by atoms with van der Waals surface area (Å²) in [6, 6.07) is 4.71. The fourth-order valence-corrected chi connectivity index (χ4v) is 1.36. The SMILES string of the molecule is Cc1cc(-c2cnnc(Cl)n2)ccc1F. The number of nitrogens with zero attached hydrogens (tertiary/aromatic N) is 3. The molecule has 3 nitrogen and oxygen atoms in total. The molecule has 0 fully saturated rings. The first-order chi connectivity index (χ1) is 7.16. The van der Waals surface area contributed by atoms with Crippen LogP contribution >= 0.6 is 11.6 Å². The van der Waals surface area contributed by atoms with Crippen molar-refractivity contribution in [1.82, 2.24) is 15.2 Å². The third kappa shape index (κ3) is 2.10. The summed E-state index contributed by atoms with van der Waals surface area (Å²) in [6.07, 6.45) is 1.48. The van der Waals surface area contributed by atoms with Gasteiger partial charge in [0.25, 0.3) is 0 Å². The van der Waals surface area contributed by atoms with Crippen LogP contribution in [-0.2, 0) is 0 Å². The van der Waals surface area contributed by atoms with Crippen LogP contribution in [0.1, 0.15) is 5.56 Å². The van der Waals surface area contributed by atoms with Crippen LogP contribution in [-0.4, -0.2) is 15.2 Å². The van der Waals surface area contributed by atoms with E-state index in [1.807, 2.05) is 0 Å². The maximum atomic E-state index is 13.0. The largest absolute Gasteiger partial charge is 0.243 e. The van der Waals surface area contributed by atoms with E-state index in [0.717, 1.165) is 5.56 Å². The normalized spacial score (nSPS) is 10.3. The fourth-order valence-electron chi connectivity index (χ4n) is 1.22. The molecule has 0 amide bonds. The zero-order chi connectivity index (χ0) is 10.8. The molecule has 2 rings (SSSR count). The second-order valence-corrected chi connectivity index (χ2v) is 3.41. The monoisotopic (exact) mass is 223 g/mol. The topological polar surface area (TPSA) is 38.7 Å². The summed E-state index contributed by atoms with van der Waals surface area (Å²) >= 11 is 5.61. The van der Waals surface area contributed by atoms with Crippen molar-refractivity contribution < 1.29 is 4.39 Å². The molecule has 0 saturated heterocycles. The van der Waals surface area contributed by atoms with Crippen molar-refractivity contribution in [3.8, 4) is 11.3 Å². The summed E-state index contributed by atoms with van der Waals surface area (Å²) in [6.45, 7) is 1.69. The van der Waals surface area contributed by atoms with Crippen LogP contribution in [0.15, 0.2) is 24.4 Å². The number of aromatic nitrogens is 3. The smallest absolute Gasteiger partial charge is 0.215 e. The molecule has 1 aromatic heterocycles. The molecular formula is C10H7ClFN3. The van der Waals surface area contributed by atoms with Crippen molar-refractivity contribution in [2.75, 3.05) is 0 Å². The first kappa shape index (κ1) is 9.98. The Kier molecular flexibility index (Phi) is 2.60. The first-order valence-corrected chi connectivity index (χ1v) is 4.66. The van der Waals surface area contributed by atoms with Crippen LogP contribution in [0.4, 0.5) is 4.39 Å². The third-order valence-electron chi connectivity index (χ3n) is 1.99. The van der Waals surface area contributed by atoms with E-state index >= 15 is 0 Å². The minimum atomic E-state index is -0.244. The highest BCUT2D eigenvalue weighted by molar-refractivity contribution is 6.28. The molecule has 0 unspecified atom stereocenters. The Balaban J connectivity index is 2.50. The molecule has 76 valence electrons. The lowest BCUT2D eigenvalue weighted by atomic mass is 10.1. The standard InChI is InChI=1S/C10H7ClFN3/c1-6-4-7(2-3-8(6)12)9-5-13-15-10(11)14-9/h2-5H,1H3. The molecule has 0 aliphatic heterocycles. The number of aryl methyl sites for hydroxylation is 1. The van der Waals surface area contributed by atoms with E-state index in [1.165, 1.54) is 12.3 Å². The van der Waals surface area contributed by atoms with Crippen LogP contribution in [0.2, 0.25) is 5.28 Å². The molecule has 0 N–H and O–H groups in total. The average Bonchev–Trinajstić information content (AvgIpc) is 2.22. The predicted molar refractivity (Wildman–Crippen MR) is 55.0 cm³/mol. The number of rotatable bonds is 1. The van der Waals surface area contributed by atoms with Crippen molar-refractivity contribution in [1.29, 1.82) is 0 Å². The van der Waals surface area contributed by atoms with Gasteiger partial charge >= 0.3 is 0 Å². The number of benzene rings is 1. The van der Waals surface area contributed by atoms with Crippen molar-refractivity contribution in [2.24, 2.45) is 0 Å². The molecule has 1 heterocycles. The molecule has 0 radical (unpaired) electrons. The van der Waals surface area contributed by atoms with Gasteiger partial charge in [-0.3, -0.25) is 0 Å². The van der Waals surface area contributed by atoms with E-state index in [2.05, 4.69) is 15.2 Å². The van der Waals surface area contributed by atoms with Gasteiger partial charge < -0.3 is 0 Å². The lowest BCUT2D eigenvalue weighted by Gasteiger charge is -2.02. The van der Waals surface area contributed by atoms with Gasteiger partial charge in [0, 0.05) is 5.56 Å². The van der Waals surface area contributed by atoms with E-state index < -0.39 is 0 Å². The maximum absolute atomic E-state index is 13.0.